The SMILES string of the molecule is CCCc1ccc(S(=O)(=O)N2CCC[C@](C)(C(=O)NCc3ccc(F)cc3)C2)cc1. The molecule has 0 bridgehead atoms. The van der Waals surface area contributed by atoms with Crippen LogP contribution in [-0.4, -0.2) is 31.7 Å². The molecule has 1 atom stereocenters. The number of piperidine rings is 1. The average molecular weight is 433 g/mol. The Morgan fingerprint density at radius 3 is 2.37 bits per heavy atom. The Morgan fingerprint density at radius 1 is 1.10 bits per heavy atom. The lowest BCUT2D eigenvalue weighted by Crippen LogP contribution is -2.51. The highest BCUT2D eigenvalue weighted by atomic mass is 32.2. The van der Waals surface area contributed by atoms with Crippen molar-refractivity contribution in [1.29, 1.82) is 0 Å². The van der Waals surface area contributed by atoms with Crippen molar-refractivity contribution < 1.29 is 17.6 Å². The van der Waals surface area contributed by atoms with Crippen molar-refractivity contribution in [3.8, 4) is 0 Å². The second kappa shape index (κ2) is 9.27. The van der Waals surface area contributed by atoms with Crippen molar-refractivity contribution in [1.82, 2.24) is 9.62 Å². The molecule has 2 aromatic rings. The standard InChI is InChI=1S/C23H29FN2O3S/c1-3-5-18-8-12-21(13-9-18)30(28,29)26-15-4-14-23(2,17-26)22(27)25-16-19-6-10-20(24)11-7-19/h6-13H,3-5,14-17H2,1-2H3,(H,25,27)/t23-/m0/s1. The molecule has 0 aromatic heterocycles. The van der Waals surface area contributed by atoms with Crippen molar-refractivity contribution in [2.75, 3.05) is 13.1 Å². The Bertz CT molecular complexity index is 975. The van der Waals surface area contributed by atoms with E-state index in [1.807, 2.05) is 12.1 Å². The maximum atomic E-state index is 13.1. The summed E-state index contributed by atoms with van der Waals surface area (Å²) in [5, 5.41) is 2.88. The molecular weight excluding hydrogens is 403 g/mol. The van der Waals surface area contributed by atoms with Gasteiger partial charge in [-0.25, -0.2) is 12.8 Å². The fourth-order valence-corrected chi connectivity index (χ4v) is 5.45. The molecule has 1 amide bonds. The van der Waals surface area contributed by atoms with Crippen LogP contribution in [0.1, 0.15) is 44.2 Å². The van der Waals surface area contributed by atoms with E-state index in [1.54, 1.807) is 31.2 Å². The minimum atomic E-state index is -3.66. The van der Waals surface area contributed by atoms with E-state index in [9.17, 15) is 17.6 Å². The quantitative estimate of drug-likeness (QED) is 0.722. The van der Waals surface area contributed by atoms with Gasteiger partial charge in [0.2, 0.25) is 15.9 Å². The third-order valence-corrected chi connectivity index (χ3v) is 7.54. The van der Waals surface area contributed by atoms with Crippen molar-refractivity contribution in [3.63, 3.8) is 0 Å². The Hall–Kier alpha value is -2.25. The van der Waals surface area contributed by atoms with Gasteiger partial charge in [-0.05, 0) is 61.6 Å². The molecule has 2 aromatic carbocycles. The number of aryl methyl sites for hydroxylation is 1. The van der Waals surface area contributed by atoms with E-state index < -0.39 is 15.4 Å². The fourth-order valence-electron chi connectivity index (χ4n) is 3.85. The molecule has 0 unspecified atom stereocenters. The number of hydrogen-bond donors (Lipinski definition) is 1. The number of nitrogens with one attached hydrogen (secondary N) is 1. The minimum absolute atomic E-state index is 0.140. The summed E-state index contributed by atoms with van der Waals surface area (Å²) in [4.78, 5) is 13.1. The largest absolute Gasteiger partial charge is 0.352 e. The highest BCUT2D eigenvalue weighted by Gasteiger charge is 2.41. The summed E-state index contributed by atoms with van der Waals surface area (Å²) in [6, 6.07) is 13.0. The predicted octanol–water partition coefficient (Wildman–Crippen LogP) is 3.89. The molecule has 1 heterocycles. The van der Waals surface area contributed by atoms with Crippen LogP contribution in [0.25, 0.3) is 0 Å². The number of carbonyl (C=O) groups excluding carboxylic acids is 1. The van der Waals surface area contributed by atoms with E-state index in [-0.39, 0.29) is 29.7 Å². The minimum Gasteiger partial charge on any atom is -0.352 e. The Labute approximate surface area is 178 Å². The molecule has 162 valence electrons. The first-order valence-corrected chi connectivity index (χ1v) is 11.8. The van der Waals surface area contributed by atoms with Crippen LogP contribution < -0.4 is 5.32 Å². The summed E-state index contributed by atoms with van der Waals surface area (Å²) in [7, 11) is -3.66. The number of rotatable bonds is 7. The van der Waals surface area contributed by atoms with Crippen LogP contribution in [0.5, 0.6) is 0 Å². The van der Waals surface area contributed by atoms with Gasteiger partial charge in [0.05, 0.1) is 10.3 Å². The summed E-state index contributed by atoms with van der Waals surface area (Å²) in [6.45, 7) is 4.71. The monoisotopic (exact) mass is 432 g/mol. The zero-order valence-electron chi connectivity index (χ0n) is 17.5. The number of amides is 1. The van der Waals surface area contributed by atoms with E-state index in [0.29, 0.717) is 19.4 Å². The average Bonchev–Trinajstić information content (AvgIpc) is 2.74. The molecule has 0 saturated carbocycles. The fraction of sp³-hybridized carbons (Fsp3) is 0.435. The molecule has 0 aliphatic carbocycles. The van der Waals surface area contributed by atoms with Gasteiger partial charge in [0.25, 0.3) is 0 Å². The highest BCUT2D eigenvalue weighted by Crippen LogP contribution is 2.33. The third-order valence-electron chi connectivity index (χ3n) is 5.68. The molecule has 1 saturated heterocycles. The van der Waals surface area contributed by atoms with Crippen LogP contribution in [-0.2, 0) is 27.8 Å². The first-order chi connectivity index (χ1) is 14.2. The first-order valence-electron chi connectivity index (χ1n) is 10.4. The smallest absolute Gasteiger partial charge is 0.243 e. The molecule has 7 heteroatoms. The number of hydrogen-bond acceptors (Lipinski definition) is 3. The summed E-state index contributed by atoms with van der Waals surface area (Å²) < 4.78 is 40.7. The van der Waals surface area contributed by atoms with Crippen LogP contribution in [0.15, 0.2) is 53.4 Å². The first kappa shape index (κ1) is 22.4. The summed E-state index contributed by atoms with van der Waals surface area (Å²) >= 11 is 0. The Kier molecular flexibility index (Phi) is 6.93. The second-order valence-corrected chi connectivity index (χ2v) is 10.1. The zero-order chi connectivity index (χ0) is 21.8. The third kappa shape index (κ3) is 5.08. The van der Waals surface area contributed by atoms with E-state index in [4.69, 9.17) is 0 Å². The van der Waals surface area contributed by atoms with Crippen LogP contribution in [0.2, 0.25) is 0 Å². The number of nitrogens with zero attached hydrogens (tertiary/aromatic N) is 1. The Balaban J connectivity index is 1.69. The van der Waals surface area contributed by atoms with Crippen LogP contribution in [0.3, 0.4) is 0 Å². The summed E-state index contributed by atoms with van der Waals surface area (Å²) in [5.74, 6) is -0.516. The molecular formula is C23H29FN2O3S. The summed E-state index contributed by atoms with van der Waals surface area (Å²) in [5.41, 5.74) is 1.09. The van der Waals surface area contributed by atoms with Gasteiger partial charge in [-0.3, -0.25) is 4.79 Å². The van der Waals surface area contributed by atoms with Gasteiger partial charge in [-0.1, -0.05) is 37.6 Å². The lowest BCUT2D eigenvalue weighted by Gasteiger charge is -2.38. The van der Waals surface area contributed by atoms with Crippen LogP contribution >= 0.6 is 0 Å². The van der Waals surface area contributed by atoms with Gasteiger partial charge in [-0.2, -0.15) is 4.31 Å². The van der Waals surface area contributed by atoms with Crippen molar-refractivity contribution in [2.24, 2.45) is 5.41 Å². The van der Waals surface area contributed by atoms with Crippen molar-refractivity contribution in [2.45, 2.75) is 51.0 Å². The Morgan fingerprint density at radius 2 is 1.73 bits per heavy atom. The topological polar surface area (TPSA) is 66.5 Å². The molecule has 1 fully saturated rings. The summed E-state index contributed by atoms with van der Waals surface area (Å²) in [6.07, 6.45) is 3.15. The molecule has 0 radical (unpaired) electrons. The van der Waals surface area contributed by atoms with Gasteiger partial charge < -0.3 is 5.32 Å². The highest BCUT2D eigenvalue weighted by molar-refractivity contribution is 7.89. The number of sulfonamides is 1. The second-order valence-electron chi connectivity index (χ2n) is 8.21. The van der Waals surface area contributed by atoms with E-state index in [2.05, 4.69) is 12.2 Å². The van der Waals surface area contributed by atoms with Crippen LogP contribution in [0, 0.1) is 11.2 Å². The molecule has 1 aliphatic heterocycles. The number of benzene rings is 2. The maximum absolute atomic E-state index is 13.1. The number of carbonyl (C=O) groups is 1. The predicted molar refractivity (Wildman–Crippen MR) is 115 cm³/mol. The van der Waals surface area contributed by atoms with Gasteiger partial charge in [-0.15, -0.1) is 0 Å². The number of halogens is 1. The molecule has 3 rings (SSSR count). The van der Waals surface area contributed by atoms with Gasteiger partial charge in [0.15, 0.2) is 0 Å². The van der Waals surface area contributed by atoms with Gasteiger partial charge in [0.1, 0.15) is 5.82 Å². The molecule has 5 nitrogen and oxygen atoms in total. The maximum Gasteiger partial charge on any atom is 0.243 e. The van der Waals surface area contributed by atoms with E-state index in [0.717, 1.165) is 24.0 Å². The van der Waals surface area contributed by atoms with Crippen molar-refractivity contribution in [3.05, 3.63) is 65.5 Å². The van der Waals surface area contributed by atoms with E-state index in [1.165, 1.54) is 16.4 Å². The molecule has 30 heavy (non-hydrogen) atoms. The lowest BCUT2D eigenvalue weighted by atomic mass is 9.82. The zero-order valence-corrected chi connectivity index (χ0v) is 18.3. The van der Waals surface area contributed by atoms with Crippen LogP contribution in [0.4, 0.5) is 4.39 Å². The normalized spacial score (nSPS) is 20.1. The van der Waals surface area contributed by atoms with Gasteiger partial charge >= 0.3 is 0 Å². The molecule has 0 spiro atoms. The van der Waals surface area contributed by atoms with E-state index >= 15 is 0 Å². The molecule has 1 aliphatic rings. The van der Waals surface area contributed by atoms with Gasteiger partial charge in [0, 0.05) is 19.6 Å². The van der Waals surface area contributed by atoms with Crippen molar-refractivity contribution >= 4 is 15.9 Å². The lowest BCUT2D eigenvalue weighted by molar-refractivity contribution is -0.132. The molecule has 1 N–H and O–H groups in total.